The lowest BCUT2D eigenvalue weighted by Crippen LogP contribution is -2.23. The third kappa shape index (κ3) is 2.59. The molecule has 98 valence electrons. The van der Waals surface area contributed by atoms with Crippen LogP contribution in [0, 0.1) is 5.92 Å². The molecule has 2 rings (SSSR count). The Morgan fingerprint density at radius 1 is 1.56 bits per heavy atom. The molecule has 1 aromatic carbocycles. The number of Topliss-reactive ketones (excluding diaryl/α,β-unsaturated/α-hetero) is 1. The number of methoxy groups -OCH3 is 1. The second kappa shape index (κ2) is 5.85. The summed E-state index contributed by atoms with van der Waals surface area (Å²) in [5.41, 5.74) is 0.719. The summed E-state index contributed by atoms with van der Waals surface area (Å²) in [4.78, 5) is 12.4. The fourth-order valence-electron chi connectivity index (χ4n) is 2.38. The standard InChI is InChI=1S/C14H17BrO3/c1-3-12-10(6-7-18-12)14(16)9-4-5-13(17-2)11(15)8-9/h4-5,8,10,12H,3,6-7H2,1-2H3. The third-order valence-corrected chi connectivity index (χ3v) is 4.00. The lowest BCUT2D eigenvalue weighted by atomic mass is 9.90. The first-order valence-corrected chi connectivity index (χ1v) is 6.96. The molecular weight excluding hydrogens is 296 g/mol. The number of ketones is 1. The molecule has 4 heteroatoms. The number of hydrogen-bond acceptors (Lipinski definition) is 3. The molecule has 0 aliphatic carbocycles. The zero-order chi connectivity index (χ0) is 13.1. The summed E-state index contributed by atoms with van der Waals surface area (Å²) < 4.78 is 11.5. The zero-order valence-electron chi connectivity index (χ0n) is 10.6. The van der Waals surface area contributed by atoms with Gasteiger partial charge in [-0.25, -0.2) is 0 Å². The van der Waals surface area contributed by atoms with Crippen molar-refractivity contribution in [1.29, 1.82) is 0 Å². The van der Waals surface area contributed by atoms with Gasteiger partial charge in [-0.1, -0.05) is 6.92 Å². The highest BCUT2D eigenvalue weighted by molar-refractivity contribution is 9.10. The molecule has 2 atom stereocenters. The zero-order valence-corrected chi connectivity index (χ0v) is 12.2. The van der Waals surface area contributed by atoms with Crippen LogP contribution in [-0.2, 0) is 4.74 Å². The van der Waals surface area contributed by atoms with Crippen molar-refractivity contribution < 1.29 is 14.3 Å². The molecule has 18 heavy (non-hydrogen) atoms. The quantitative estimate of drug-likeness (QED) is 0.799. The molecule has 1 aliphatic rings. The molecule has 1 aromatic rings. The molecule has 0 N–H and O–H groups in total. The topological polar surface area (TPSA) is 35.5 Å². The predicted octanol–water partition coefficient (Wildman–Crippen LogP) is 3.46. The van der Waals surface area contributed by atoms with E-state index in [0.717, 1.165) is 28.6 Å². The van der Waals surface area contributed by atoms with Crippen LogP contribution in [0.3, 0.4) is 0 Å². The van der Waals surface area contributed by atoms with Crippen LogP contribution in [0.5, 0.6) is 5.75 Å². The maximum atomic E-state index is 12.4. The minimum absolute atomic E-state index is 0.00436. The monoisotopic (exact) mass is 312 g/mol. The normalized spacial score (nSPS) is 23.1. The van der Waals surface area contributed by atoms with Gasteiger partial charge in [-0.15, -0.1) is 0 Å². The van der Waals surface area contributed by atoms with E-state index in [1.165, 1.54) is 0 Å². The van der Waals surface area contributed by atoms with Gasteiger partial charge in [-0.3, -0.25) is 4.79 Å². The minimum atomic E-state index is -0.00436. The summed E-state index contributed by atoms with van der Waals surface area (Å²) >= 11 is 3.41. The van der Waals surface area contributed by atoms with E-state index in [-0.39, 0.29) is 17.8 Å². The Morgan fingerprint density at radius 2 is 2.33 bits per heavy atom. The molecule has 1 heterocycles. The average molecular weight is 313 g/mol. The van der Waals surface area contributed by atoms with Crippen LogP contribution < -0.4 is 4.74 Å². The summed E-state index contributed by atoms with van der Waals surface area (Å²) in [6.07, 6.45) is 1.77. The van der Waals surface area contributed by atoms with Crippen molar-refractivity contribution in [2.24, 2.45) is 5.92 Å². The van der Waals surface area contributed by atoms with Gasteiger partial charge in [-0.2, -0.15) is 0 Å². The Bertz CT molecular complexity index is 445. The number of halogens is 1. The van der Waals surface area contributed by atoms with E-state index >= 15 is 0 Å². The van der Waals surface area contributed by atoms with Crippen molar-refractivity contribution in [2.45, 2.75) is 25.9 Å². The van der Waals surface area contributed by atoms with Gasteiger partial charge in [0.1, 0.15) is 5.75 Å². The van der Waals surface area contributed by atoms with Crippen LogP contribution in [-0.4, -0.2) is 25.6 Å². The maximum Gasteiger partial charge on any atom is 0.168 e. The molecule has 2 unspecified atom stereocenters. The lowest BCUT2D eigenvalue weighted by molar-refractivity contribution is 0.0689. The summed E-state index contributed by atoms with van der Waals surface area (Å²) in [6.45, 7) is 2.74. The van der Waals surface area contributed by atoms with Gasteiger partial charge in [0.05, 0.1) is 23.6 Å². The third-order valence-electron chi connectivity index (χ3n) is 3.39. The fourth-order valence-corrected chi connectivity index (χ4v) is 2.93. The van der Waals surface area contributed by atoms with Crippen molar-refractivity contribution in [3.63, 3.8) is 0 Å². The Morgan fingerprint density at radius 3 is 2.94 bits per heavy atom. The smallest absolute Gasteiger partial charge is 0.168 e. The summed E-state index contributed by atoms with van der Waals surface area (Å²) in [7, 11) is 1.61. The van der Waals surface area contributed by atoms with Crippen molar-refractivity contribution in [3.8, 4) is 5.75 Å². The predicted molar refractivity (Wildman–Crippen MR) is 73.2 cm³/mol. The molecule has 0 radical (unpaired) electrons. The largest absolute Gasteiger partial charge is 0.496 e. The van der Waals surface area contributed by atoms with Crippen LogP contribution >= 0.6 is 15.9 Å². The molecule has 0 spiro atoms. The molecule has 0 saturated carbocycles. The van der Waals surface area contributed by atoms with E-state index in [0.29, 0.717) is 6.61 Å². The molecular formula is C14H17BrO3. The van der Waals surface area contributed by atoms with Gasteiger partial charge in [0.15, 0.2) is 5.78 Å². The van der Waals surface area contributed by atoms with E-state index in [1.54, 1.807) is 7.11 Å². The molecule has 1 fully saturated rings. The average Bonchev–Trinajstić information content (AvgIpc) is 2.86. The summed E-state index contributed by atoms with van der Waals surface area (Å²) in [6, 6.07) is 5.46. The number of hydrogen-bond donors (Lipinski definition) is 0. The number of carbonyl (C=O) groups excluding carboxylic acids is 1. The second-order valence-electron chi connectivity index (χ2n) is 4.43. The first-order valence-electron chi connectivity index (χ1n) is 6.16. The maximum absolute atomic E-state index is 12.4. The van der Waals surface area contributed by atoms with Gasteiger partial charge in [-0.05, 0) is 47.0 Å². The first kappa shape index (κ1) is 13.6. The Labute approximate surface area is 116 Å². The summed E-state index contributed by atoms with van der Waals surface area (Å²) in [5, 5.41) is 0. The van der Waals surface area contributed by atoms with Crippen LogP contribution in [0.25, 0.3) is 0 Å². The van der Waals surface area contributed by atoms with Crippen LogP contribution in [0.15, 0.2) is 22.7 Å². The number of carbonyl (C=O) groups is 1. The molecule has 1 saturated heterocycles. The highest BCUT2D eigenvalue weighted by atomic mass is 79.9. The molecule has 0 aromatic heterocycles. The van der Waals surface area contributed by atoms with E-state index in [2.05, 4.69) is 22.9 Å². The molecule has 1 aliphatic heterocycles. The van der Waals surface area contributed by atoms with Crippen LogP contribution in [0.4, 0.5) is 0 Å². The van der Waals surface area contributed by atoms with Gasteiger partial charge < -0.3 is 9.47 Å². The van der Waals surface area contributed by atoms with E-state index < -0.39 is 0 Å². The van der Waals surface area contributed by atoms with Crippen molar-refractivity contribution in [1.82, 2.24) is 0 Å². The second-order valence-corrected chi connectivity index (χ2v) is 5.28. The fraction of sp³-hybridized carbons (Fsp3) is 0.500. The van der Waals surface area contributed by atoms with Crippen molar-refractivity contribution in [3.05, 3.63) is 28.2 Å². The van der Waals surface area contributed by atoms with Gasteiger partial charge in [0.25, 0.3) is 0 Å². The molecule has 3 nitrogen and oxygen atoms in total. The Hall–Kier alpha value is -0.870. The van der Waals surface area contributed by atoms with E-state index in [1.807, 2.05) is 18.2 Å². The SMILES string of the molecule is CCC1OCCC1C(=O)c1ccc(OC)c(Br)c1. The minimum Gasteiger partial charge on any atom is -0.496 e. The number of benzene rings is 1. The van der Waals surface area contributed by atoms with Gasteiger partial charge >= 0.3 is 0 Å². The van der Waals surface area contributed by atoms with Crippen molar-refractivity contribution >= 4 is 21.7 Å². The van der Waals surface area contributed by atoms with Gasteiger partial charge in [0.2, 0.25) is 0 Å². The van der Waals surface area contributed by atoms with E-state index in [4.69, 9.17) is 9.47 Å². The van der Waals surface area contributed by atoms with Crippen LogP contribution in [0.2, 0.25) is 0 Å². The van der Waals surface area contributed by atoms with Crippen molar-refractivity contribution in [2.75, 3.05) is 13.7 Å². The number of rotatable bonds is 4. The lowest BCUT2D eigenvalue weighted by Gasteiger charge is -2.16. The first-order chi connectivity index (χ1) is 8.67. The van der Waals surface area contributed by atoms with Crippen LogP contribution in [0.1, 0.15) is 30.1 Å². The van der Waals surface area contributed by atoms with Gasteiger partial charge in [0, 0.05) is 12.2 Å². The Balaban J connectivity index is 2.21. The number of ether oxygens (including phenoxy) is 2. The molecule has 0 amide bonds. The molecule has 0 bridgehead atoms. The highest BCUT2D eigenvalue weighted by Gasteiger charge is 2.33. The van der Waals surface area contributed by atoms with E-state index in [9.17, 15) is 4.79 Å². The Kier molecular flexibility index (Phi) is 4.40. The highest BCUT2D eigenvalue weighted by Crippen LogP contribution is 2.30. The summed E-state index contributed by atoms with van der Waals surface area (Å²) in [5.74, 6) is 0.902.